The summed E-state index contributed by atoms with van der Waals surface area (Å²) in [6.07, 6.45) is 3.72. The molecule has 2 aromatic carbocycles. The number of anilines is 2. The first-order valence-corrected chi connectivity index (χ1v) is 9.52. The van der Waals surface area contributed by atoms with E-state index >= 15 is 0 Å². The number of nitrogens with one attached hydrogen (secondary N) is 1. The van der Waals surface area contributed by atoms with Crippen LogP contribution in [0.4, 0.5) is 11.4 Å². The van der Waals surface area contributed by atoms with Crippen LogP contribution in [0.5, 0.6) is 11.5 Å². The average molecular weight is 423 g/mol. The van der Waals surface area contributed by atoms with Crippen LogP contribution in [0.3, 0.4) is 0 Å². The molecule has 2 heterocycles. The lowest BCUT2D eigenvalue weighted by Crippen LogP contribution is -2.20. The van der Waals surface area contributed by atoms with Crippen molar-refractivity contribution in [2.45, 2.75) is 0 Å². The largest absolute Gasteiger partial charge is 0.495 e. The van der Waals surface area contributed by atoms with Gasteiger partial charge in [-0.05, 0) is 42.5 Å². The fraction of sp³-hybridized carbons (Fsp3) is 0.0909. The molecule has 0 unspecified atom stereocenters. The molecule has 0 spiro atoms. The number of aromatic nitrogens is 2. The van der Waals surface area contributed by atoms with Crippen LogP contribution in [0.2, 0.25) is 5.02 Å². The molecule has 4 rings (SSSR count). The minimum Gasteiger partial charge on any atom is -0.495 e. The SMILES string of the molecule is COc1ccc(-c2cn3cccc(OCC(=O)Nc4ccccc4Cl)c3n2)cc1N. The molecule has 4 aromatic rings. The minimum absolute atomic E-state index is 0.178. The summed E-state index contributed by atoms with van der Waals surface area (Å²) in [6.45, 7) is -0.178. The number of imidazole rings is 1. The van der Waals surface area contributed by atoms with Gasteiger partial charge in [-0.1, -0.05) is 23.7 Å². The Balaban J connectivity index is 1.53. The number of methoxy groups -OCH3 is 1. The van der Waals surface area contributed by atoms with Crippen molar-refractivity contribution in [3.63, 3.8) is 0 Å². The van der Waals surface area contributed by atoms with E-state index in [9.17, 15) is 4.79 Å². The first-order valence-electron chi connectivity index (χ1n) is 9.14. The minimum atomic E-state index is -0.320. The highest BCUT2D eigenvalue weighted by molar-refractivity contribution is 6.33. The molecule has 8 heteroatoms. The van der Waals surface area contributed by atoms with E-state index in [0.717, 1.165) is 11.3 Å². The zero-order chi connectivity index (χ0) is 21.1. The maximum Gasteiger partial charge on any atom is 0.262 e. The maximum absolute atomic E-state index is 12.3. The molecule has 0 saturated heterocycles. The summed E-state index contributed by atoms with van der Waals surface area (Å²) < 4.78 is 12.8. The standard InChI is InChI=1S/C22H19ClN4O3/c1-29-19-9-8-14(11-16(19)24)18-12-27-10-4-7-20(22(27)26-18)30-13-21(28)25-17-6-3-2-5-15(17)23/h2-12H,13,24H2,1H3,(H,25,28). The Morgan fingerprint density at radius 3 is 2.77 bits per heavy atom. The van der Waals surface area contributed by atoms with E-state index in [1.165, 1.54) is 0 Å². The lowest BCUT2D eigenvalue weighted by Gasteiger charge is -2.09. The van der Waals surface area contributed by atoms with Crippen molar-refractivity contribution in [1.82, 2.24) is 9.38 Å². The van der Waals surface area contributed by atoms with E-state index in [1.807, 2.05) is 28.9 Å². The Morgan fingerprint density at radius 1 is 1.17 bits per heavy atom. The van der Waals surface area contributed by atoms with Gasteiger partial charge in [0.2, 0.25) is 0 Å². The summed E-state index contributed by atoms with van der Waals surface area (Å²) in [5.74, 6) is 0.774. The molecule has 0 radical (unpaired) electrons. The Morgan fingerprint density at radius 2 is 2.00 bits per heavy atom. The molecule has 3 N–H and O–H groups in total. The van der Waals surface area contributed by atoms with Crippen molar-refractivity contribution >= 4 is 34.5 Å². The van der Waals surface area contributed by atoms with Gasteiger partial charge in [0.15, 0.2) is 18.0 Å². The second-order valence-corrected chi connectivity index (χ2v) is 6.91. The molecular formula is C22H19ClN4O3. The van der Waals surface area contributed by atoms with E-state index in [-0.39, 0.29) is 12.5 Å². The molecule has 1 amide bonds. The van der Waals surface area contributed by atoms with Crippen LogP contribution in [0, 0.1) is 0 Å². The molecule has 0 fully saturated rings. The normalized spacial score (nSPS) is 10.7. The second-order valence-electron chi connectivity index (χ2n) is 6.50. The van der Waals surface area contributed by atoms with E-state index in [1.54, 1.807) is 49.6 Å². The lowest BCUT2D eigenvalue weighted by molar-refractivity contribution is -0.118. The summed E-state index contributed by atoms with van der Waals surface area (Å²) in [4.78, 5) is 16.9. The monoisotopic (exact) mass is 422 g/mol. The topological polar surface area (TPSA) is 90.9 Å². The zero-order valence-corrected chi connectivity index (χ0v) is 16.9. The maximum atomic E-state index is 12.3. The van der Waals surface area contributed by atoms with Gasteiger partial charge in [-0.2, -0.15) is 0 Å². The number of hydrogen-bond donors (Lipinski definition) is 2. The number of hydrogen-bond acceptors (Lipinski definition) is 5. The Hall–Kier alpha value is -3.71. The highest BCUT2D eigenvalue weighted by Crippen LogP contribution is 2.29. The van der Waals surface area contributed by atoms with Crippen LogP contribution < -0.4 is 20.5 Å². The number of nitrogen functional groups attached to an aromatic ring is 1. The van der Waals surface area contributed by atoms with Crippen molar-refractivity contribution in [3.8, 4) is 22.8 Å². The number of nitrogens with two attached hydrogens (primary N) is 1. The second kappa shape index (κ2) is 8.34. The van der Waals surface area contributed by atoms with Crippen molar-refractivity contribution in [2.24, 2.45) is 0 Å². The van der Waals surface area contributed by atoms with Gasteiger partial charge in [0.25, 0.3) is 5.91 Å². The molecular weight excluding hydrogens is 404 g/mol. The number of carbonyl (C=O) groups is 1. The number of amides is 1. The smallest absolute Gasteiger partial charge is 0.262 e. The molecule has 0 saturated carbocycles. The quantitative estimate of drug-likeness (QED) is 0.453. The molecule has 0 aliphatic carbocycles. The molecule has 30 heavy (non-hydrogen) atoms. The van der Waals surface area contributed by atoms with Crippen LogP contribution in [0.1, 0.15) is 0 Å². The Kier molecular flexibility index (Phi) is 5.45. The molecule has 0 atom stereocenters. The first kappa shape index (κ1) is 19.6. The van der Waals surface area contributed by atoms with Crippen molar-refractivity contribution in [2.75, 3.05) is 24.8 Å². The zero-order valence-electron chi connectivity index (χ0n) is 16.1. The Labute approximate surface area is 178 Å². The summed E-state index contributed by atoms with van der Waals surface area (Å²) in [7, 11) is 1.57. The predicted molar refractivity (Wildman–Crippen MR) is 117 cm³/mol. The van der Waals surface area contributed by atoms with Gasteiger partial charge < -0.3 is 24.9 Å². The Bertz CT molecular complexity index is 1220. The van der Waals surface area contributed by atoms with Gasteiger partial charge in [-0.25, -0.2) is 4.98 Å². The van der Waals surface area contributed by atoms with E-state index in [4.69, 9.17) is 26.8 Å². The number of para-hydroxylation sites is 1. The average Bonchev–Trinajstić information content (AvgIpc) is 3.19. The molecule has 2 aromatic heterocycles. The van der Waals surface area contributed by atoms with Gasteiger partial charge in [0.1, 0.15) is 5.75 Å². The van der Waals surface area contributed by atoms with Gasteiger partial charge in [0, 0.05) is 18.0 Å². The van der Waals surface area contributed by atoms with Crippen LogP contribution >= 0.6 is 11.6 Å². The van der Waals surface area contributed by atoms with Crippen molar-refractivity contribution < 1.29 is 14.3 Å². The van der Waals surface area contributed by atoms with E-state index < -0.39 is 0 Å². The summed E-state index contributed by atoms with van der Waals surface area (Å²) in [5, 5.41) is 3.19. The predicted octanol–water partition coefficient (Wildman–Crippen LogP) is 4.26. The third-order valence-corrected chi connectivity index (χ3v) is 4.81. The fourth-order valence-corrected chi connectivity index (χ4v) is 3.21. The van der Waals surface area contributed by atoms with E-state index in [0.29, 0.717) is 33.5 Å². The fourth-order valence-electron chi connectivity index (χ4n) is 3.02. The number of ether oxygens (including phenoxy) is 2. The molecule has 0 bridgehead atoms. The van der Waals surface area contributed by atoms with Crippen LogP contribution in [0.15, 0.2) is 67.0 Å². The number of pyridine rings is 1. The number of carbonyl (C=O) groups excluding carboxylic acids is 1. The molecule has 152 valence electrons. The highest BCUT2D eigenvalue weighted by Gasteiger charge is 2.12. The van der Waals surface area contributed by atoms with Crippen LogP contribution in [0.25, 0.3) is 16.9 Å². The van der Waals surface area contributed by atoms with Crippen molar-refractivity contribution in [3.05, 3.63) is 72.0 Å². The van der Waals surface area contributed by atoms with E-state index in [2.05, 4.69) is 10.3 Å². The van der Waals surface area contributed by atoms with Gasteiger partial charge in [-0.15, -0.1) is 0 Å². The summed E-state index contributed by atoms with van der Waals surface area (Å²) in [5.41, 5.74) is 9.23. The molecule has 0 aliphatic rings. The third-order valence-electron chi connectivity index (χ3n) is 4.48. The third kappa shape index (κ3) is 4.01. The van der Waals surface area contributed by atoms with Gasteiger partial charge in [0.05, 0.1) is 29.2 Å². The van der Waals surface area contributed by atoms with Gasteiger partial charge in [-0.3, -0.25) is 4.79 Å². The number of nitrogens with zero attached hydrogens (tertiary/aromatic N) is 2. The number of halogens is 1. The number of fused-ring (bicyclic) bond motifs is 1. The highest BCUT2D eigenvalue weighted by atomic mass is 35.5. The number of rotatable bonds is 6. The lowest BCUT2D eigenvalue weighted by atomic mass is 10.1. The number of benzene rings is 2. The first-order chi connectivity index (χ1) is 14.5. The van der Waals surface area contributed by atoms with Crippen molar-refractivity contribution in [1.29, 1.82) is 0 Å². The van der Waals surface area contributed by atoms with Crippen LogP contribution in [-0.2, 0) is 4.79 Å². The summed E-state index contributed by atoms with van der Waals surface area (Å²) in [6, 6.07) is 16.1. The van der Waals surface area contributed by atoms with Gasteiger partial charge >= 0.3 is 0 Å². The summed E-state index contributed by atoms with van der Waals surface area (Å²) >= 11 is 6.07. The molecule has 7 nitrogen and oxygen atoms in total. The molecule has 0 aliphatic heterocycles. The van der Waals surface area contributed by atoms with Crippen LogP contribution in [-0.4, -0.2) is 29.0 Å².